The fourth-order valence-electron chi connectivity index (χ4n) is 6.18. The molecule has 0 fully saturated rings. The Labute approximate surface area is 259 Å². The first-order valence-corrected chi connectivity index (χ1v) is 15.0. The molecule has 0 spiro atoms. The lowest BCUT2D eigenvalue weighted by molar-refractivity contribution is -0.0431. The fraction of sp³-hybridized carbons (Fsp3) is 0.306. The summed E-state index contributed by atoms with van der Waals surface area (Å²) in [5.74, 6) is 2.72. The first kappa shape index (κ1) is 28.7. The minimum Gasteiger partial charge on any atom is -0.493 e. The molecule has 9 heteroatoms. The fourth-order valence-corrected chi connectivity index (χ4v) is 6.18. The van der Waals surface area contributed by atoms with Gasteiger partial charge in [0.25, 0.3) is 0 Å². The van der Waals surface area contributed by atoms with Gasteiger partial charge in [0.1, 0.15) is 11.1 Å². The Hall–Kier alpha value is -5.05. The van der Waals surface area contributed by atoms with Gasteiger partial charge in [-0.1, -0.05) is 6.07 Å². The molecular weight excluding hydrogens is 574 g/mol. The van der Waals surface area contributed by atoms with Gasteiger partial charge in [0.05, 0.1) is 31.9 Å². The Kier molecular flexibility index (Phi) is 6.54. The van der Waals surface area contributed by atoms with Gasteiger partial charge in [-0.25, -0.2) is 4.79 Å². The summed E-state index contributed by atoms with van der Waals surface area (Å²) in [6.07, 6.45) is 1.74. The molecule has 0 unspecified atom stereocenters. The first-order valence-electron chi connectivity index (χ1n) is 15.0. The van der Waals surface area contributed by atoms with Crippen LogP contribution >= 0.6 is 0 Å². The van der Waals surface area contributed by atoms with Crippen LogP contribution in [-0.2, 0) is 0 Å². The molecule has 0 radical (unpaired) electrons. The maximum atomic E-state index is 13.9. The second-order valence-electron chi connectivity index (χ2n) is 12.2. The van der Waals surface area contributed by atoms with E-state index in [9.17, 15) is 4.79 Å². The van der Waals surface area contributed by atoms with Gasteiger partial charge in [0, 0.05) is 47.8 Å². The number of hydrogen-bond acceptors (Lipinski definition) is 8. The SMILES string of the molecule is COc1cc2c(ccn3c2c(-c2ccc4c(c2)OC(C)(C)O4)c2c4cc(OC)c(OC(C)C)cc4oc(=O)c23)cc1OC(C)C. The lowest BCUT2D eigenvalue weighted by Gasteiger charge is -2.16. The van der Waals surface area contributed by atoms with Crippen molar-refractivity contribution in [3.63, 3.8) is 0 Å². The van der Waals surface area contributed by atoms with Crippen LogP contribution in [0, 0.1) is 0 Å². The third kappa shape index (κ3) is 4.65. The van der Waals surface area contributed by atoms with Gasteiger partial charge in [-0.15, -0.1) is 0 Å². The summed E-state index contributed by atoms with van der Waals surface area (Å²) < 4.78 is 43.7. The van der Waals surface area contributed by atoms with Crippen LogP contribution < -0.4 is 34.0 Å². The van der Waals surface area contributed by atoms with E-state index < -0.39 is 11.4 Å². The summed E-state index contributed by atoms with van der Waals surface area (Å²) >= 11 is 0. The number of hydrogen-bond donors (Lipinski definition) is 0. The lowest BCUT2D eigenvalue weighted by atomic mass is 9.98. The molecule has 0 atom stereocenters. The smallest absolute Gasteiger partial charge is 0.361 e. The second kappa shape index (κ2) is 10.3. The van der Waals surface area contributed by atoms with Crippen LogP contribution in [0.25, 0.3) is 49.3 Å². The molecule has 6 aromatic rings. The van der Waals surface area contributed by atoms with Gasteiger partial charge < -0.3 is 37.2 Å². The predicted molar refractivity (Wildman–Crippen MR) is 174 cm³/mol. The molecule has 0 saturated heterocycles. The van der Waals surface area contributed by atoms with Crippen molar-refractivity contribution in [1.82, 2.24) is 4.40 Å². The Morgan fingerprint density at radius 3 is 2.04 bits per heavy atom. The van der Waals surface area contributed by atoms with E-state index in [1.165, 1.54) is 0 Å². The molecule has 0 saturated carbocycles. The maximum Gasteiger partial charge on any atom is 0.361 e. The van der Waals surface area contributed by atoms with Crippen LogP contribution in [0.4, 0.5) is 0 Å². The largest absolute Gasteiger partial charge is 0.493 e. The summed E-state index contributed by atoms with van der Waals surface area (Å²) in [6, 6.07) is 15.3. The Bertz CT molecular complexity index is 2210. The minimum atomic E-state index is -0.799. The Morgan fingerprint density at radius 2 is 1.38 bits per heavy atom. The van der Waals surface area contributed by atoms with Gasteiger partial charge in [0.2, 0.25) is 5.79 Å². The number of methoxy groups -OCH3 is 2. The normalized spacial score (nSPS) is 13.9. The number of fused-ring (bicyclic) bond motifs is 8. The summed E-state index contributed by atoms with van der Waals surface area (Å²) in [7, 11) is 3.22. The number of rotatable bonds is 7. The van der Waals surface area contributed by atoms with E-state index >= 15 is 0 Å². The number of ether oxygens (including phenoxy) is 6. The number of nitrogens with zero attached hydrogens (tertiary/aromatic N) is 1. The standard InChI is InChI=1S/C36H35NO8/c1-18(2)41-28-13-20-11-12-37-33(22(20)15-26(28)39-7)31(21-9-10-24-30(14-21)45-36(5,6)44-24)32-23-16-27(40-8)29(42-19(3)4)17-25(23)43-35(38)34(32)37/h9-19H,1-8H3. The highest BCUT2D eigenvalue weighted by molar-refractivity contribution is 6.22. The van der Waals surface area contributed by atoms with Crippen molar-refractivity contribution in [2.75, 3.05) is 14.2 Å². The van der Waals surface area contributed by atoms with Gasteiger partial charge in [-0.2, -0.15) is 0 Å². The molecule has 0 amide bonds. The summed E-state index contributed by atoms with van der Waals surface area (Å²) in [6.45, 7) is 11.5. The molecule has 7 rings (SSSR count). The van der Waals surface area contributed by atoms with Crippen LogP contribution in [0.15, 0.2) is 63.9 Å². The van der Waals surface area contributed by atoms with Crippen molar-refractivity contribution >= 4 is 38.2 Å². The van der Waals surface area contributed by atoms with E-state index in [-0.39, 0.29) is 12.2 Å². The van der Waals surface area contributed by atoms with Crippen molar-refractivity contribution in [2.24, 2.45) is 0 Å². The van der Waals surface area contributed by atoms with Crippen molar-refractivity contribution < 1.29 is 32.8 Å². The van der Waals surface area contributed by atoms with E-state index in [0.717, 1.165) is 27.4 Å². The average Bonchev–Trinajstić information content (AvgIpc) is 3.49. The highest BCUT2D eigenvalue weighted by Crippen LogP contribution is 2.48. The third-order valence-electron chi connectivity index (χ3n) is 7.80. The van der Waals surface area contributed by atoms with Crippen LogP contribution in [-0.4, -0.2) is 36.6 Å². The molecule has 0 aliphatic carbocycles. The van der Waals surface area contributed by atoms with E-state index in [1.807, 2.05) is 94.6 Å². The Balaban J connectivity index is 1.66. The molecule has 232 valence electrons. The molecule has 0 bridgehead atoms. The van der Waals surface area contributed by atoms with Crippen molar-refractivity contribution in [2.45, 2.75) is 59.5 Å². The molecular formula is C36H35NO8. The highest BCUT2D eigenvalue weighted by atomic mass is 16.7. The summed E-state index contributed by atoms with van der Waals surface area (Å²) in [5.41, 5.74) is 2.77. The summed E-state index contributed by atoms with van der Waals surface area (Å²) in [5, 5.41) is 3.20. The molecule has 1 aliphatic heterocycles. The number of pyridine rings is 1. The van der Waals surface area contributed by atoms with Gasteiger partial charge in [-0.05, 0) is 75.0 Å². The predicted octanol–water partition coefficient (Wildman–Crippen LogP) is 8.12. The zero-order chi connectivity index (χ0) is 31.8. The Morgan fingerprint density at radius 1 is 0.733 bits per heavy atom. The van der Waals surface area contributed by atoms with Gasteiger partial charge in [0.15, 0.2) is 34.5 Å². The van der Waals surface area contributed by atoms with Crippen LogP contribution in [0.1, 0.15) is 41.5 Å². The topological polar surface area (TPSA) is 90.0 Å². The third-order valence-corrected chi connectivity index (χ3v) is 7.80. The number of aromatic nitrogens is 1. The molecule has 9 nitrogen and oxygen atoms in total. The van der Waals surface area contributed by atoms with Crippen LogP contribution in [0.5, 0.6) is 34.5 Å². The van der Waals surface area contributed by atoms with Crippen LogP contribution in [0.3, 0.4) is 0 Å². The lowest BCUT2D eigenvalue weighted by Crippen LogP contribution is -2.29. The zero-order valence-corrected chi connectivity index (χ0v) is 26.6. The minimum absolute atomic E-state index is 0.0417. The van der Waals surface area contributed by atoms with Gasteiger partial charge in [-0.3, -0.25) is 0 Å². The molecule has 3 aromatic heterocycles. The van der Waals surface area contributed by atoms with Gasteiger partial charge >= 0.3 is 5.63 Å². The molecule has 3 aromatic carbocycles. The second-order valence-corrected chi connectivity index (χ2v) is 12.2. The van der Waals surface area contributed by atoms with E-state index in [4.69, 9.17) is 32.8 Å². The molecule has 0 N–H and O–H groups in total. The van der Waals surface area contributed by atoms with Crippen LogP contribution in [0.2, 0.25) is 0 Å². The van der Waals surface area contributed by atoms with E-state index in [1.54, 1.807) is 20.3 Å². The summed E-state index contributed by atoms with van der Waals surface area (Å²) in [4.78, 5) is 13.9. The first-order chi connectivity index (χ1) is 21.5. The number of benzene rings is 3. The maximum absolute atomic E-state index is 13.9. The van der Waals surface area contributed by atoms with Crippen molar-refractivity contribution in [3.05, 3.63) is 65.1 Å². The average molecular weight is 610 g/mol. The zero-order valence-electron chi connectivity index (χ0n) is 26.6. The van der Waals surface area contributed by atoms with Crippen molar-refractivity contribution in [3.8, 4) is 45.6 Å². The van der Waals surface area contributed by atoms with E-state index in [0.29, 0.717) is 56.4 Å². The van der Waals surface area contributed by atoms with Crippen molar-refractivity contribution in [1.29, 1.82) is 0 Å². The monoisotopic (exact) mass is 609 g/mol. The molecule has 4 heterocycles. The van der Waals surface area contributed by atoms with E-state index in [2.05, 4.69) is 0 Å². The molecule has 45 heavy (non-hydrogen) atoms. The highest BCUT2D eigenvalue weighted by Gasteiger charge is 2.33. The molecule has 1 aliphatic rings. The quantitative estimate of drug-likeness (QED) is 0.168.